The molecule has 1 aliphatic heterocycles. The highest BCUT2D eigenvalue weighted by Crippen LogP contribution is 2.38. The summed E-state index contributed by atoms with van der Waals surface area (Å²) in [6.45, 7) is 3.05. The smallest absolute Gasteiger partial charge is 0.259 e. The van der Waals surface area contributed by atoms with Crippen LogP contribution in [0.3, 0.4) is 0 Å². The van der Waals surface area contributed by atoms with E-state index >= 15 is 0 Å². The van der Waals surface area contributed by atoms with E-state index in [0.29, 0.717) is 47.0 Å². The number of anilines is 3. The van der Waals surface area contributed by atoms with Crippen molar-refractivity contribution in [3.8, 4) is 5.75 Å². The Morgan fingerprint density at radius 3 is 2.86 bits per heavy atom. The first-order valence-corrected chi connectivity index (χ1v) is 9.46. The summed E-state index contributed by atoms with van der Waals surface area (Å²) in [6.07, 6.45) is 2.46. The zero-order valence-corrected chi connectivity index (χ0v) is 16.4. The lowest BCUT2D eigenvalue weighted by Gasteiger charge is -2.31. The Kier molecular flexibility index (Phi) is 5.18. The second-order valence-electron chi connectivity index (χ2n) is 6.66. The zero-order chi connectivity index (χ0) is 20.4. The van der Waals surface area contributed by atoms with Gasteiger partial charge in [-0.2, -0.15) is 0 Å². The van der Waals surface area contributed by atoms with Crippen molar-refractivity contribution in [1.29, 1.82) is 0 Å². The van der Waals surface area contributed by atoms with Crippen molar-refractivity contribution >= 4 is 41.0 Å². The number of ether oxygens (including phenoxy) is 1. The Balaban J connectivity index is 1.66. The van der Waals surface area contributed by atoms with Crippen LogP contribution < -0.4 is 15.0 Å². The first kappa shape index (κ1) is 19.0. The van der Waals surface area contributed by atoms with Crippen molar-refractivity contribution in [3.05, 3.63) is 76.4 Å². The number of fused-ring (bicyclic) bond motifs is 1. The molecule has 4 rings (SSSR count). The van der Waals surface area contributed by atoms with Crippen LogP contribution >= 0.6 is 11.6 Å². The maximum atomic E-state index is 12.9. The number of aromatic nitrogens is 1. The maximum absolute atomic E-state index is 12.9. The van der Waals surface area contributed by atoms with Crippen LogP contribution in [0.4, 0.5) is 17.2 Å². The molecule has 1 amide bonds. The van der Waals surface area contributed by atoms with Gasteiger partial charge in [0.25, 0.3) is 5.91 Å². The molecule has 2 aromatic carbocycles. The number of aryl methyl sites for hydroxylation is 1. The fraction of sp³-hybridized carbons (Fsp3) is 0.136. The number of carbonyl (C=O) groups excluding carboxylic acids is 2. The minimum Gasteiger partial charge on any atom is -0.489 e. The molecule has 0 aliphatic carbocycles. The number of nitrogens with one attached hydrogen (secondary N) is 1. The van der Waals surface area contributed by atoms with Crippen molar-refractivity contribution in [3.63, 3.8) is 0 Å². The number of benzene rings is 2. The second-order valence-corrected chi connectivity index (χ2v) is 7.06. The highest BCUT2D eigenvalue weighted by atomic mass is 35.5. The van der Waals surface area contributed by atoms with Crippen LogP contribution in [0, 0.1) is 6.92 Å². The Morgan fingerprint density at radius 2 is 2.10 bits per heavy atom. The van der Waals surface area contributed by atoms with Gasteiger partial charge >= 0.3 is 0 Å². The van der Waals surface area contributed by atoms with Crippen molar-refractivity contribution in [2.45, 2.75) is 6.92 Å². The Hall–Kier alpha value is -3.38. The summed E-state index contributed by atoms with van der Waals surface area (Å²) in [5.74, 6) is 0.967. The van der Waals surface area contributed by atoms with Gasteiger partial charge in [0.2, 0.25) is 0 Å². The fourth-order valence-corrected chi connectivity index (χ4v) is 3.36. The summed E-state index contributed by atoms with van der Waals surface area (Å²) >= 11 is 5.95. The minimum atomic E-state index is -0.334. The predicted octanol–water partition coefficient (Wildman–Crippen LogP) is 4.64. The molecular formula is C22H18ClN3O3. The van der Waals surface area contributed by atoms with E-state index in [0.717, 1.165) is 17.1 Å². The molecule has 0 fully saturated rings. The van der Waals surface area contributed by atoms with Gasteiger partial charge in [0, 0.05) is 17.4 Å². The van der Waals surface area contributed by atoms with Crippen LogP contribution in [0.2, 0.25) is 5.02 Å². The molecular weight excluding hydrogens is 390 g/mol. The van der Waals surface area contributed by atoms with Crippen molar-refractivity contribution in [2.75, 3.05) is 23.4 Å². The van der Waals surface area contributed by atoms with Gasteiger partial charge in [-0.25, -0.2) is 4.98 Å². The third-order valence-corrected chi connectivity index (χ3v) is 4.99. The van der Waals surface area contributed by atoms with Gasteiger partial charge in [-0.3, -0.25) is 9.59 Å². The molecule has 2 heterocycles. The lowest BCUT2D eigenvalue weighted by Crippen LogP contribution is -2.30. The molecule has 6 nitrogen and oxygen atoms in total. The highest BCUT2D eigenvalue weighted by Gasteiger charge is 2.25. The first-order chi connectivity index (χ1) is 14.1. The van der Waals surface area contributed by atoms with E-state index < -0.39 is 0 Å². The third kappa shape index (κ3) is 3.79. The van der Waals surface area contributed by atoms with Crippen molar-refractivity contribution in [1.82, 2.24) is 4.98 Å². The Morgan fingerprint density at radius 1 is 1.24 bits per heavy atom. The van der Waals surface area contributed by atoms with Crippen LogP contribution in [0.25, 0.3) is 0 Å². The van der Waals surface area contributed by atoms with E-state index in [4.69, 9.17) is 16.3 Å². The van der Waals surface area contributed by atoms with E-state index in [1.54, 1.807) is 18.2 Å². The van der Waals surface area contributed by atoms with Gasteiger partial charge in [0.1, 0.15) is 12.4 Å². The predicted molar refractivity (Wildman–Crippen MR) is 113 cm³/mol. The number of para-hydroxylation sites is 1. The van der Waals surface area contributed by atoms with Crippen LogP contribution in [-0.2, 0) is 0 Å². The number of hydrogen-bond donors (Lipinski definition) is 1. The average Bonchev–Trinajstić information content (AvgIpc) is 2.74. The van der Waals surface area contributed by atoms with Gasteiger partial charge in [0.15, 0.2) is 12.0 Å². The normalized spacial score (nSPS) is 12.7. The summed E-state index contributed by atoms with van der Waals surface area (Å²) in [4.78, 5) is 30.5. The molecule has 1 N–H and O–H groups in total. The molecule has 0 spiro atoms. The fourth-order valence-electron chi connectivity index (χ4n) is 3.20. The molecule has 3 aromatic rings. The summed E-state index contributed by atoms with van der Waals surface area (Å²) in [7, 11) is 0. The van der Waals surface area contributed by atoms with E-state index in [2.05, 4.69) is 10.3 Å². The van der Waals surface area contributed by atoms with Gasteiger partial charge in [-0.1, -0.05) is 23.7 Å². The summed E-state index contributed by atoms with van der Waals surface area (Å²) in [6, 6.07) is 14.1. The number of hydrogen-bond acceptors (Lipinski definition) is 5. The lowest BCUT2D eigenvalue weighted by atomic mass is 10.1. The molecule has 7 heteroatoms. The molecule has 0 atom stereocenters. The highest BCUT2D eigenvalue weighted by molar-refractivity contribution is 6.33. The molecule has 1 aliphatic rings. The Labute approximate surface area is 173 Å². The number of rotatable bonds is 4. The molecule has 0 unspecified atom stereocenters. The van der Waals surface area contributed by atoms with Crippen LogP contribution in [0.15, 0.2) is 54.7 Å². The second kappa shape index (κ2) is 7.93. The van der Waals surface area contributed by atoms with E-state index in [1.165, 1.54) is 6.07 Å². The molecule has 146 valence electrons. The number of amides is 1. The van der Waals surface area contributed by atoms with Gasteiger partial charge in [-0.05, 0) is 48.9 Å². The summed E-state index contributed by atoms with van der Waals surface area (Å²) in [5, 5.41) is 3.13. The summed E-state index contributed by atoms with van der Waals surface area (Å²) < 4.78 is 5.85. The molecule has 0 bridgehead atoms. The maximum Gasteiger partial charge on any atom is 0.259 e. The topological polar surface area (TPSA) is 71.5 Å². The van der Waals surface area contributed by atoms with Crippen LogP contribution in [0.1, 0.15) is 26.3 Å². The monoisotopic (exact) mass is 407 g/mol. The standard InChI is InChI=1S/C22H18ClN3O3/c1-14-5-8-20(24-12-14)26-9-10-29-21-17(3-2-4-19(21)26)22(28)25-16-6-7-18(23)15(11-16)13-27/h2-8,11-13H,9-10H2,1H3,(H,25,28). The third-order valence-electron chi connectivity index (χ3n) is 4.64. The zero-order valence-electron chi connectivity index (χ0n) is 15.7. The quantitative estimate of drug-likeness (QED) is 0.638. The molecule has 1 aromatic heterocycles. The van der Waals surface area contributed by atoms with Crippen LogP contribution in [0.5, 0.6) is 5.75 Å². The average molecular weight is 408 g/mol. The number of halogens is 1. The number of pyridine rings is 1. The number of nitrogens with zero attached hydrogens (tertiary/aromatic N) is 2. The van der Waals surface area contributed by atoms with Crippen molar-refractivity contribution in [2.24, 2.45) is 0 Å². The van der Waals surface area contributed by atoms with E-state index in [9.17, 15) is 9.59 Å². The van der Waals surface area contributed by atoms with E-state index in [1.807, 2.05) is 42.3 Å². The number of aldehydes is 1. The lowest BCUT2D eigenvalue weighted by molar-refractivity contribution is 0.102. The Bertz CT molecular complexity index is 1080. The number of carbonyl (C=O) groups is 2. The van der Waals surface area contributed by atoms with Crippen LogP contribution in [-0.4, -0.2) is 30.3 Å². The van der Waals surface area contributed by atoms with Crippen molar-refractivity contribution < 1.29 is 14.3 Å². The summed E-state index contributed by atoms with van der Waals surface area (Å²) in [5.41, 5.74) is 3.05. The van der Waals surface area contributed by atoms with Gasteiger partial charge < -0.3 is 15.0 Å². The SMILES string of the molecule is Cc1ccc(N2CCOc3c(C(=O)Nc4ccc(Cl)c(C=O)c4)cccc32)nc1. The molecule has 29 heavy (non-hydrogen) atoms. The van der Waals surface area contributed by atoms with Gasteiger partial charge in [-0.15, -0.1) is 0 Å². The minimum absolute atomic E-state index is 0.312. The molecule has 0 radical (unpaired) electrons. The molecule has 0 saturated carbocycles. The first-order valence-electron chi connectivity index (χ1n) is 9.09. The van der Waals surface area contributed by atoms with Gasteiger partial charge in [0.05, 0.1) is 22.8 Å². The molecule has 0 saturated heterocycles. The largest absolute Gasteiger partial charge is 0.489 e. The van der Waals surface area contributed by atoms with E-state index in [-0.39, 0.29) is 5.91 Å².